The number of carbonyl (C=O) groups excluding carboxylic acids is 2. The Balaban J connectivity index is 1.97. The molecule has 1 heterocycles. The van der Waals surface area contributed by atoms with Gasteiger partial charge < -0.3 is 20.7 Å². The standard InChI is InChI=1S/C20H18F3N3O3/c1-11-16(18(27)25-14-9-5-4-8-13(14)20(21,22)23)17(26-19(28)24-11)12-7-3-6-10-15(12)29-2/h3-10,16-17H,1H2,2H3,(H,25,27)(H2,24,26,28)/t16-,17+/m1/s1. The topological polar surface area (TPSA) is 79.5 Å². The van der Waals surface area contributed by atoms with Gasteiger partial charge in [0.25, 0.3) is 0 Å². The summed E-state index contributed by atoms with van der Waals surface area (Å²) in [5, 5.41) is 7.35. The Morgan fingerprint density at radius 2 is 1.79 bits per heavy atom. The van der Waals surface area contributed by atoms with E-state index in [1.165, 1.54) is 19.2 Å². The van der Waals surface area contributed by atoms with E-state index in [1.807, 2.05) is 0 Å². The number of anilines is 1. The summed E-state index contributed by atoms with van der Waals surface area (Å²) in [7, 11) is 1.44. The minimum Gasteiger partial charge on any atom is -0.496 e. The van der Waals surface area contributed by atoms with E-state index in [0.717, 1.165) is 12.1 Å². The van der Waals surface area contributed by atoms with Crippen LogP contribution in [0.25, 0.3) is 0 Å². The minimum atomic E-state index is -4.64. The fourth-order valence-corrected chi connectivity index (χ4v) is 3.23. The van der Waals surface area contributed by atoms with Gasteiger partial charge >= 0.3 is 12.2 Å². The average molecular weight is 405 g/mol. The molecule has 1 fully saturated rings. The largest absolute Gasteiger partial charge is 0.496 e. The first kappa shape index (κ1) is 20.2. The van der Waals surface area contributed by atoms with Crippen molar-refractivity contribution in [3.05, 3.63) is 71.9 Å². The first-order valence-corrected chi connectivity index (χ1v) is 8.58. The maximum Gasteiger partial charge on any atom is 0.418 e. The maximum absolute atomic E-state index is 13.3. The predicted molar refractivity (Wildman–Crippen MR) is 100 cm³/mol. The molecular weight excluding hydrogens is 387 g/mol. The van der Waals surface area contributed by atoms with Crippen molar-refractivity contribution in [2.45, 2.75) is 12.2 Å². The highest BCUT2D eigenvalue weighted by atomic mass is 19.4. The minimum absolute atomic E-state index is 0.0617. The van der Waals surface area contributed by atoms with Crippen LogP contribution in [-0.4, -0.2) is 19.0 Å². The summed E-state index contributed by atoms with van der Waals surface area (Å²) in [4.78, 5) is 24.9. The highest BCUT2D eigenvalue weighted by molar-refractivity contribution is 5.97. The fourth-order valence-electron chi connectivity index (χ4n) is 3.23. The number of hydrogen-bond donors (Lipinski definition) is 3. The second kappa shape index (κ2) is 7.86. The molecule has 0 unspecified atom stereocenters. The van der Waals surface area contributed by atoms with Crippen LogP contribution in [0.1, 0.15) is 17.2 Å². The maximum atomic E-state index is 13.3. The van der Waals surface area contributed by atoms with Gasteiger partial charge in [0.1, 0.15) is 11.7 Å². The lowest BCUT2D eigenvalue weighted by Gasteiger charge is -2.34. The monoisotopic (exact) mass is 405 g/mol. The first-order chi connectivity index (χ1) is 13.7. The molecule has 29 heavy (non-hydrogen) atoms. The number of methoxy groups -OCH3 is 1. The number of amides is 3. The van der Waals surface area contributed by atoms with Gasteiger partial charge in [0.2, 0.25) is 5.91 Å². The van der Waals surface area contributed by atoms with E-state index < -0.39 is 35.6 Å². The third-order valence-corrected chi connectivity index (χ3v) is 4.52. The van der Waals surface area contributed by atoms with Crippen molar-refractivity contribution in [3.8, 4) is 5.75 Å². The number of urea groups is 1. The molecule has 3 amide bonds. The zero-order valence-electron chi connectivity index (χ0n) is 15.3. The molecule has 1 aliphatic heterocycles. The molecule has 0 radical (unpaired) electrons. The Morgan fingerprint density at radius 3 is 2.48 bits per heavy atom. The molecule has 1 aliphatic rings. The van der Waals surface area contributed by atoms with Crippen LogP contribution < -0.4 is 20.7 Å². The molecule has 2 aromatic rings. The molecule has 3 rings (SSSR count). The summed E-state index contributed by atoms with van der Waals surface area (Å²) in [6.07, 6.45) is -4.64. The van der Waals surface area contributed by atoms with Crippen molar-refractivity contribution in [2.24, 2.45) is 5.92 Å². The average Bonchev–Trinajstić information content (AvgIpc) is 2.66. The summed E-state index contributed by atoms with van der Waals surface area (Å²) in [5.74, 6) is -1.42. The molecule has 0 aromatic heterocycles. The van der Waals surface area contributed by atoms with E-state index in [1.54, 1.807) is 24.3 Å². The van der Waals surface area contributed by atoms with Gasteiger partial charge in [-0.1, -0.05) is 36.9 Å². The number of carbonyl (C=O) groups is 2. The molecule has 0 aliphatic carbocycles. The number of ether oxygens (including phenoxy) is 1. The first-order valence-electron chi connectivity index (χ1n) is 8.58. The normalized spacial score (nSPS) is 19.2. The van der Waals surface area contributed by atoms with E-state index >= 15 is 0 Å². The quantitative estimate of drug-likeness (QED) is 0.723. The molecule has 0 bridgehead atoms. The summed E-state index contributed by atoms with van der Waals surface area (Å²) >= 11 is 0. The van der Waals surface area contributed by atoms with Gasteiger partial charge in [0, 0.05) is 11.3 Å². The highest BCUT2D eigenvalue weighted by Gasteiger charge is 2.40. The van der Waals surface area contributed by atoms with Crippen LogP contribution in [-0.2, 0) is 11.0 Å². The zero-order chi connectivity index (χ0) is 21.2. The Morgan fingerprint density at radius 1 is 1.14 bits per heavy atom. The number of alkyl halides is 3. The van der Waals surface area contributed by atoms with E-state index in [2.05, 4.69) is 22.5 Å². The van der Waals surface area contributed by atoms with Crippen molar-refractivity contribution < 1.29 is 27.5 Å². The predicted octanol–water partition coefficient (Wildman–Crippen LogP) is 3.84. The molecule has 152 valence electrons. The molecule has 0 spiro atoms. The zero-order valence-corrected chi connectivity index (χ0v) is 15.3. The lowest BCUT2D eigenvalue weighted by molar-refractivity contribution is -0.137. The number of rotatable bonds is 4. The lowest BCUT2D eigenvalue weighted by atomic mass is 9.87. The smallest absolute Gasteiger partial charge is 0.418 e. The van der Waals surface area contributed by atoms with Gasteiger partial charge in [-0.25, -0.2) is 4.79 Å². The molecule has 2 atom stereocenters. The van der Waals surface area contributed by atoms with E-state index in [0.29, 0.717) is 11.3 Å². The van der Waals surface area contributed by atoms with Crippen LogP contribution in [0.5, 0.6) is 5.75 Å². The van der Waals surface area contributed by atoms with Crippen molar-refractivity contribution in [2.75, 3.05) is 12.4 Å². The lowest BCUT2D eigenvalue weighted by Crippen LogP contribution is -2.52. The van der Waals surface area contributed by atoms with Crippen LogP contribution in [0.2, 0.25) is 0 Å². The van der Waals surface area contributed by atoms with Crippen LogP contribution >= 0.6 is 0 Å². The molecule has 1 saturated heterocycles. The Labute approximate surface area is 164 Å². The second-order valence-corrected chi connectivity index (χ2v) is 6.35. The van der Waals surface area contributed by atoms with E-state index in [-0.39, 0.29) is 11.4 Å². The van der Waals surface area contributed by atoms with Gasteiger partial charge in [-0.2, -0.15) is 13.2 Å². The summed E-state index contributed by atoms with van der Waals surface area (Å²) in [6, 6.07) is 9.93. The van der Waals surface area contributed by atoms with Gasteiger partial charge in [-0.15, -0.1) is 0 Å². The number of benzene rings is 2. The Hall–Kier alpha value is -3.49. The van der Waals surface area contributed by atoms with Crippen molar-refractivity contribution in [1.29, 1.82) is 0 Å². The molecule has 6 nitrogen and oxygen atoms in total. The summed E-state index contributed by atoms with van der Waals surface area (Å²) < 4.78 is 45.1. The van der Waals surface area contributed by atoms with Crippen molar-refractivity contribution >= 4 is 17.6 Å². The molecule has 2 aromatic carbocycles. The summed E-state index contributed by atoms with van der Waals surface area (Å²) in [5.41, 5.74) is -0.795. The van der Waals surface area contributed by atoms with E-state index in [9.17, 15) is 22.8 Å². The van der Waals surface area contributed by atoms with Crippen molar-refractivity contribution in [1.82, 2.24) is 10.6 Å². The number of nitrogens with one attached hydrogen (secondary N) is 3. The van der Waals surface area contributed by atoms with Gasteiger partial charge in [0.15, 0.2) is 0 Å². The van der Waals surface area contributed by atoms with Crippen LogP contribution in [0.15, 0.2) is 60.8 Å². The highest BCUT2D eigenvalue weighted by Crippen LogP contribution is 2.37. The van der Waals surface area contributed by atoms with Gasteiger partial charge in [0.05, 0.1) is 24.4 Å². The van der Waals surface area contributed by atoms with Gasteiger partial charge in [-0.3, -0.25) is 4.79 Å². The van der Waals surface area contributed by atoms with Crippen LogP contribution in [0.4, 0.5) is 23.7 Å². The molecule has 9 heteroatoms. The van der Waals surface area contributed by atoms with E-state index in [4.69, 9.17) is 4.74 Å². The number of hydrogen-bond acceptors (Lipinski definition) is 3. The third-order valence-electron chi connectivity index (χ3n) is 4.52. The Kier molecular flexibility index (Phi) is 5.49. The second-order valence-electron chi connectivity index (χ2n) is 6.35. The summed E-state index contributed by atoms with van der Waals surface area (Å²) in [6.45, 7) is 3.72. The SMILES string of the molecule is C=C1NC(=O)N[C@@H](c2ccccc2OC)[C@@H]1C(=O)Nc1ccccc1C(F)(F)F. The van der Waals surface area contributed by atoms with Crippen LogP contribution in [0.3, 0.4) is 0 Å². The van der Waals surface area contributed by atoms with Crippen LogP contribution in [0, 0.1) is 5.92 Å². The molecule has 3 N–H and O–H groups in total. The Bertz CT molecular complexity index is 959. The number of para-hydroxylation sites is 2. The van der Waals surface area contributed by atoms with Gasteiger partial charge in [-0.05, 0) is 18.2 Å². The van der Waals surface area contributed by atoms with Crippen molar-refractivity contribution in [3.63, 3.8) is 0 Å². The fraction of sp³-hybridized carbons (Fsp3) is 0.200. The number of halogens is 3. The molecule has 0 saturated carbocycles. The third kappa shape index (κ3) is 4.18. The molecular formula is C20H18F3N3O3.